The van der Waals surface area contributed by atoms with Gasteiger partial charge in [0.1, 0.15) is 17.4 Å². The highest BCUT2D eigenvalue weighted by Crippen LogP contribution is 2.37. The lowest BCUT2D eigenvalue weighted by atomic mass is 9.78. The topological polar surface area (TPSA) is 71.3 Å². The number of benzene rings is 1. The molecule has 5 nitrogen and oxygen atoms in total. The molecule has 1 aliphatic carbocycles. The normalized spacial score (nSPS) is 22.1. The van der Waals surface area contributed by atoms with Gasteiger partial charge < -0.3 is 14.8 Å². The average molecular weight is 373 g/mol. The molecule has 2 unspecified atom stereocenters. The molecule has 1 aromatic rings. The van der Waals surface area contributed by atoms with Crippen LogP contribution in [0.2, 0.25) is 0 Å². The van der Waals surface area contributed by atoms with Crippen LogP contribution >= 0.6 is 0 Å². The van der Waals surface area contributed by atoms with E-state index < -0.39 is 5.60 Å². The van der Waals surface area contributed by atoms with Crippen molar-refractivity contribution < 1.29 is 14.3 Å². The first kappa shape index (κ1) is 21.2. The van der Waals surface area contributed by atoms with Crippen LogP contribution in [0.1, 0.15) is 71.3 Å². The molecule has 0 saturated heterocycles. The van der Waals surface area contributed by atoms with Gasteiger partial charge in [0.05, 0.1) is 17.9 Å². The first-order valence-corrected chi connectivity index (χ1v) is 10.2. The molecule has 1 aromatic carbocycles. The summed E-state index contributed by atoms with van der Waals surface area (Å²) in [6, 6.07) is 7.40. The van der Waals surface area contributed by atoms with Crippen molar-refractivity contribution in [3.8, 4) is 11.8 Å². The second-order valence-electron chi connectivity index (χ2n) is 7.52. The Bertz CT molecular complexity index is 668. The van der Waals surface area contributed by atoms with Gasteiger partial charge in [-0.15, -0.1) is 0 Å². The minimum Gasteiger partial charge on any atom is -0.494 e. The summed E-state index contributed by atoms with van der Waals surface area (Å²) >= 11 is 0. The van der Waals surface area contributed by atoms with Crippen LogP contribution in [-0.4, -0.2) is 24.7 Å². The molecule has 0 heterocycles. The number of anilines is 1. The van der Waals surface area contributed by atoms with Gasteiger partial charge in [0.15, 0.2) is 0 Å². The number of ether oxygens (including phenoxy) is 2. The maximum Gasteiger partial charge on any atom is 0.256 e. The predicted octanol–water partition coefficient (Wildman–Crippen LogP) is 5.05. The van der Waals surface area contributed by atoms with Gasteiger partial charge in [0, 0.05) is 6.61 Å². The van der Waals surface area contributed by atoms with Crippen LogP contribution in [0.3, 0.4) is 0 Å². The number of carbonyl (C=O) groups excluding carboxylic acids is 1. The fourth-order valence-electron chi connectivity index (χ4n) is 3.59. The number of hydrogen-bond acceptors (Lipinski definition) is 4. The number of carbonyl (C=O) groups is 1. The number of rotatable bonds is 9. The van der Waals surface area contributed by atoms with Gasteiger partial charge in [-0.05, 0) is 56.2 Å². The molecule has 5 heteroatoms. The highest BCUT2D eigenvalue weighted by atomic mass is 16.5. The lowest BCUT2D eigenvalue weighted by Crippen LogP contribution is -2.48. The maximum atomic E-state index is 13.1. The van der Waals surface area contributed by atoms with Gasteiger partial charge in [0.25, 0.3) is 5.91 Å². The van der Waals surface area contributed by atoms with Crippen molar-refractivity contribution in [1.29, 1.82) is 5.26 Å². The molecule has 0 spiro atoms. The van der Waals surface area contributed by atoms with Gasteiger partial charge in [-0.3, -0.25) is 4.79 Å². The number of nitrogens with zero attached hydrogens (tertiary/aromatic N) is 1. The first-order valence-electron chi connectivity index (χ1n) is 10.2. The summed E-state index contributed by atoms with van der Waals surface area (Å²) in [5, 5.41) is 12.5. The molecule has 2 rings (SSSR count). The third-order valence-electron chi connectivity index (χ3n) is 5.08. The number of nitrogens with one attached hydrogen (secondary N) is 1. The summed E-state index contributed by atoms with van der Waals surface area (Å²) < 4.78 is 11.7. The molecule has 0 radical (unpaired) electrons. The fraction of sp³-hybridized carbons (Fsp3) is 0.636. The van der Waals surface area contributed by atoms with E-state index >= 15 is 0 Å². The summed E-state index contributed by atoms with van der Waals surface area (Å²) in [7, 11) is 0. The van der Waals surface area contributed by atoms with E-state index in [4.69, 9.17) is 9.47 Å². The van der Waals surface area contributed by atoms with Crippen molar-refractivity contribution in [2.24, 2.45) is 5.92 Å². The lowest BCUT2D eigenvalue weighted by molar-refractivity contribution is -0.148. The van der Waals surface area contributed by atoms with Crippen molar-refractivity contribution >= 4 is 11.6 Å². The van der Waals surface area contributed by atoms with Crippen molar-refractivity contribution in [2.45, 2.75) is 71.3 Å². The zero-order valence-corrected chi connectivity index (χ0v) is 16.8. The summed E-state index contributed by atoms with van der Waals surface area (Å²) in [4.78, 5) is 13.1. The third kappa shape index (κ3) is 5.71. The fourth-order valence-corrected chi connectivity index (χ4v) is 3.59. The zero-order valence-electron chi connectivity index (χ0n) is 16.8. The van der Waals surface area contributed by atoms with Gasteiger partial charge in [0.2, 0.25) is 0 Å². The molecule has 148 valence electrons. The second-order valence-corrected chi connectivity index (χ2v) is 7.52. The number of hydrogen-bond donors (Lipinski definition) is 1. The summed E-state index contributed by atoms with van der Waals surface area (Å²) in [6.07, 6.45) is 6.44. The van der Waals surface area contributed by atoms with Gasteiger partial charge in [-0.1, -0.05) is 33.6 Å². The number of nitriles is 1. The van der Waals surface area contributed by atoms with E-state index in [-0.39, 0.29) is 5.91 Å². The highest BCUT2D eigenvalue weighted by molar-refractivity contribution is 5.98. The Morgan fingerprint density at radius 3 is 2.81 bits per heavy atom. The average Bonchev–Trinajstić information content (AvgIpc) is 2.67. The minimum atomic E-state index is -0.795. The number of unbranched alkanes of at least 4 members (excludes halogenated alkanes) is 1. The SMILES string of the molecule is CCCCOc1ccc(NC(=O)C2(OCCC)CCCC(C)C2)c(C#N)c1. The molecule has 1 fully saturated rings. The van der Waals surface area contributed by atoms with E-state index in [2.05, 4.69) is 25.2 Å². The van der Waals surface area contributed by atoms with Crippen LogP contribution in [0.4, 0.5) is 5.69 Å². The van der Waals surface area contributed by atoms with Crippen LogP contribution < -0.4 is 10.1 Å². The van der Waals surface area contributed by atoms with Crippen molar-refractivity contribution in [2.75, 3.05) is 18.5 Å². The van der Waals surface area contributed by atoms with Gasteiger partial charge in [-0.25, -0.2) is 0 Å². The van der Waals surface area contributed by atoms with E-state index in [1.807, 2.05) is 6.92 Å². The Hall–Kier alpha value is -2.06. The Morgan fingerprint density at radius 2 is 2.15 bits per heavy atom. The molecule has 1 N–H and O–H groups in total. The van der Waals surface area contributed by atoms with Crippen molar-refractivity contribution in [1.82, 2.24) is 0 Å². The molecule has 27 heavy (non-hydrogen) atoms. The van der Waals surface area contributed by atoms with E-state index in [0.717, 1.165) is 44.9 Å². The molecule has 0 bridgehead atoms. The maximum absolute atomic E-state index is 13.1. The Labute approximate surface area is 163 Å². The molecule has 1 aliphatic rings. The Kier molecular flexibility index (Phi) is 8.12. The smallest absolute Gasteiger partial charge is 0.256 e. The molecule has 0 aromatic heterocycles. The Balaban J connectivity index is 2.15. The second kappa shape index (κ2) is 10.3. The predicted molar refractivity (Wildman–Crippen MR) is 107 cm³/mol. The van der Waals surface area contributed by atoms with Crippen LogP contribution in [0, 0.1) is 17.2 Å². The molecular weight excluding hydrogens is 340 g/mol. The standard InChI is InChI=1S/C22H32N2O3/c1-4-6-13-26-19-9-10-20(18(14-19)16-23)24-21(25)22(27-12-5-2)11-7-8-17(3)15-22/h9-10,14,17H,4-8,11-13,15H2,1-3H3,(H,24,25). The molecule has 0 aliphatic heterocycles. The lowest BCUT2D eigenvalue weighted by Gasteiger charge is -2.38. The van der Waals surface area contributed by atoms with E-state index in [9.17, 15) is 10.1 Å². The third-order valence-corrected chi connectivity index (χ3v) is 5.08. The quantitative estimate of drug-likeness (QED) is 0.616. The largest absolute Gasteiger partial charge is 0.494 e. The van der Waals surface area contributed by atoms with E-state index in [1.54, 1.807) is 18.2 Å². The van der Waals surface area contributed by atoms with Crippen LogP contribution in [-0.2, 0) is 9.53 Å². The van der Waals surface area contributed by atoms with E-state index in [1.165, 1.54) is 0 Å². The molecule has 2 atom stereocenters. The molecule has 1 amide bonds. The van der Waals surface area contributed by atoms with E-state index in [0.29, 0.717) is 36.1 Å². The molecule has 1 saturated carbocycles. The molecular formula is C22H32N2O3. The Morgan fingerprint density at radius 1 is 1.33 bits per heavy atom. The first-order chi connectivity index (χ1) is 13.0. The number of amides is 1. The minimum absolute atomic E-state index is 0.140. The summed E-state index contributed by atoms with van der Waals surface area (Å²) in [6.45, 7) is 7.50. The monoisotopic (exact) mass is 372 g/mol. The van der Waals surface area contributed by atoms with Crippen LogP contribution in [0.5, 0.6) is 5.75 Å². The zero-order chi connectivity index (χ0) is 19.7. The van der Waals surface area contributed by atoms with Gasteiger partial charge in [-0.2, -0.15) is 5.26 Å². The van der Waals surface area contributed by atoms with Crippen LogP contribution in [0.15, 0.2) is 18.2 Å². The van der Waals surface area contributed by atoms with Crippen LogP contribution in [0.25, 0.3) is 0 Å². The van der Waals surface area contributed by atoms with Gasteiger partial charge >= 0.3 is 0 Å². The highest BCUT2D eigenvalue weighted by Gasteiger charge is 2.42. The van der Waals surface area contributed by atoms with Crippen molar-refractivity contribution in [3.05, 3.63) is 23.8 Å². The summed E-state index contributed by atoms with van der Waals surface area (Å²) in [5.41, 5.74) is 0.131. The summed E-state index contributed by atoms with van der Waals surface area (Å²) in [5.74, 6) is 0.964. The van der Waals surface area contributed by atoms with Crippen molar-refractivity contribution in [3.63, 3.8) is 0 Å².